The van der Waals surface area contributed by atoms with Crippen LogP contribution in [0.5, 0.6) is 0 Å². The molecule has 0 bridgehead atoms. The number of nitrogens with one attached hydrogen (secondary N) is 3. The van der Waals surface area contributed by atoms with Crippen LogP contribution in [0.15, 0.2) is 35.5 Å². The summed E-state index contributed by atoms with van der Waals surface area (Å²) in [4.78, 5) is 39.6. The van der Waals surface area contributed by atoms with E-state index in [0.29, 0.717) is 23.5 Å². The molecule has 1 heterocycles. The molecule has 186 valence electrons. The molecule has 0 saturated heterocycles. The maximum absolute atomic E-state index is 12.9. The quantitative estimate of drug-likeness (QED) is 0.371. The summed E-state index contributed by atoms with van der Waals surface area (Å²) in [5.41, 5.74) is 2.32. The van der Waals surface area contributed by atoms with E-state index < -0.39 is 12.0 Å². The number of benzene rings is 1. The lowest BCUT2D eigenvalue weighted by Crippen LogP contribution is -2.48. The number of nitrogens with zero attached hydrogens (tertiary/aromatic N) is 1. The highest BCUT2D eigenvalue weighted by Crippen LogP contribution is 2.32. The molecule has 1 saturated carbocycles. The predicted octanol–water partition coefficient (Wildman–Crippen LogP) is 4.08. The zero-order valence-corrected chi connectivity index (χ0v) is 20.3. The van der Waals surface area contributed by atoms with Gasteiger partial charge in [-0.05, 0) is 43.9 Å². The molecule has 1 aromatic rings. The monoisotopic (exact) mass is 472 g/mol. The predicted molar refractivity (Wildman–Crippen MR) is 129 cm³/mol. The van der Waals surface area contributed by atoms with Crippen LogP contribution in [0.25, 0.3) is 0 Å². The average Bonchev–Trinajstić information content (AvgIpc) is 2.82. The fourth-order valence-corrected chi connectivity index (χ4v) is 4.44. The van der Waals surface area contributed by atoms with E-state index in [1.807, 2.05) is 6.92 Å². The summed E-state index contributed by atoms with van der Waals surface area (Å²) in [6.45, 7) is 4.65. The molecule has 0 aromatic heterocycles. The molecule has 9 nitrogen and oxygen atoms in total. The minimum atomic E-state index is -0.652. The molecule has 1 atom stereocenters. The Morgan fingerprint density at radius 2 is 1.82 bits per heavy atom. The molecule has 3 rings (SSSR count). The lowest BCUT2D eigenvalue weighted by Gasteiger charge is -2.35. The van der Waals surface area contributed by atoms with E-state index in [9.17, 15) is 14.4 Å². The second kappa shape index (κ2) is 12.4. The third-order valence-electron chi connectivity index (χ3n) is 6.23. The van der Waals surface area contributed by atoms with E-state index in [2.05, 4.69) is 16.0 Å². The first kappa shape index (κ1) is 25.6. The number of hydrogen-bond acceptors (Lipinski definition) is 5. The minimum Gasteiger partial charge on any atom is -0.460 e. The van der Waals surface area contributed by atoms with Crippen molar-refractivity contribution in [1.82, 2.24) is 15.5 Å². The zero-order valence-electron chi connectivity index (χ0n) is 20.3. The van der Waals surface area contributed by atoms with Gasteiger partial charge >= 0.3 is 18.0 Å². The van der Waals surface area contributed by atoms with Crippen molar-refractivity contribution < 1.29 is 23.9 Å². The van der Waals surface area contributed by atoms with Crippen LogP contribution in [0.4, 0.5) is 15.3 Å². The van der Waals surface area contributed by atoms with E-state index in [0.717, 1.165) is 37.7 Å². The third kappa shape index (κ3) is 6.50. The minimum absolute atomic E-state index is 0.125. The van der Waals surface area contributed by atoms with Gasteiger partial charge in [0.25, 0.3) is 0 Å². The topological polar surface area (TPSA) is 109 Å². The third-order valence-corrected chi connectivity index (χ3v) is 6.23. The Bertz CT molecular complexity index is 893. The average molecular weight is 473 g/mol. The molecule has 34 heavy (non-hydrogen) atoms. The Hall–Kier alpha value is -3.07. The van der Waals surface area contributed by atoms with Crippen molar-refractivity contribution in [2.75, 3.05) is 32.2 Å². The van der Waals surface area contributed by atoms with E-state index in [1.165, 1.54) is 13.5 Å². The van der Waals surface area contributed by atoms with Crippen molar-refractivity contribution >= 4 is 23.7 Å². The first-order valence-electron chi connectivity index (χ1n) is 12.1. The number of amides is 4. The van der Waals surface area contributed by atoms with E-state index in [-0.39, 0.29) is 31.3 Å². The molecular weight excluding hydrogens is 436 g/mol. The second-order valence-corrected chi connectivity index (χ2v) is 8.72. The van der Waals surface area contributed by atoms with Gasteiger partial charge in [0, 0.05) is 31.1 Å². The van der Waals surface area contributed by atoms with Crippen LogP contribution < -0.4 is 16.0 Å². The summed E-state index contributed by atoms with van der Waals surface area (Å²) in [5.74, 6) is -0.491. The number of anilines is 1. The fraction of sp³-hybridized carbons (Fsp3) is 0.560. The van der Waals surface area contributed by atoms with E-state index in [1.54, 1.807) is 36.1 Å². The lowest BCUT2D eigenvalue weighted by molar-refractivity contribution is -0.140. The summed E-state index contributed by atoms with van der Waals surface area (Å²) >= 11 is 0. The van der Waals surface area contributed by atoms with Gasteiger partial charge in [0.2, 0.25) is 0 Å². The standard InChI is InChI=1S/C25H36N4O5/c1-4-14-29-17(2)21(23(30)34-16-15-33-3)22(28-25(29)32)18-10-12-20(13-11-18)27-24(31)26-19-8-6-5-7-9-19/h10-13,19,22H,4-9,14-16H2,1-3H3,(H,28,32)(H2,26,27,31). The Kier molecular flexibility index (Phi) is 9.33. The molecule has 4 amide bonds. The number of methoxy groups -OCH3 is 1. The maximum Gasteiger partial charge on any atom is 0.338 e. The zero-order chi connectivity index (χ0) is 24.5. The second-order valence-electron chi connectivity index (χ2n) is 8.72. The SMILES string of the molecule is CCCN1C(=O)NC(c2ccc(NC(=O)NC3CCCCC3)cc2)C(C(=O)OCCOC)=C1C. The molecular formula is C25H36N4O5. The molecule has 1 aliphatic heterocycles. The van der Waals surface area contributed by atoms with Crippen molar-refractivity contribution in [2.24, 2.45) is 0 Å². The Labute approximate surface area is 201 Å². The number of ether oxygens (including phenoxy) is 2. The van der Waals surface area contributed by atoms with Gasteiger partial charge in [0.05, 0.1) is 18.2 Å². The molecule has 0 radical (unpaired) electrons. The van der Waals surface area contributed by atoms with Crippen LogP contribution >= 0.6 is 0 Å². The highest BCUT2D eigenvalue weighted by molar-refractivity contribution is 5.95. The first-order chi connectivity index (χ1) is 16.4. The van der Waals surface area contributed by atoms with Gasteiger partial charge in [-0.2, -0.15) is 0 Å². The molecule has 2 aliphatic rings. The maximum atomic E-state index is 12.9. The highest BCUT2D eigenvalue weighted by atomic mass is 16.6. The summed E-state index contributed by atoms with van der Waals surface area (Å²) in [6, 6.07) is 6.22. The number of carbonyl (C=O) groups is 3. The number of carbonyl (C=O) groups excluding carboxylic acids is 3. The molecule has 1 aliphatic carbocycles. The van der Waals surface area contributed by atoms with Crippen molar-refractivity contribution in [3.05, 3.63) is 41.1 Å². The van der Waals surface area contributed by atoms with Gasteiger partial charge in [-0.15, -0.1) is 0 Å². The van der Waals surface area contributed by atoms with Crippen LogP contribution in [0.2, 0.25) is 0 Å². The Balaban J connectivity index is 1.75. The van der Waals surface area contributed by atoms with Crippen molar-refractivity contribution in [3.8, 4) is 0 Å². The van der Waals surface area contributed by atoms with Crippen molar-refractivity contribution in [3.63, 3.8) is 0 Å². The van der Waals surface area contributed by atoms with Gasteiger partial charge in [0.1, 0.15) is 6.61 Å². The Morgan fingerprint density at radius 1 is 1.12 bits per heavy atom. The lowest BCUT2D eigenvalue weighted by atomic mass is 9.94. The van der Waals surface area contributed by atoms with Gasteiger partial charge in [-0.3, -0.25) is 4.90 Å². The smallest absolute Gasteiger partial charge is 0.338 e. The van der Waals surface area contributed by atoms with Crippen LogP contribution in [0.1, 0.15) is 64.0 Å². The highest BCUT2D eigenvalue weighted by Gasteiger charge is 2.36. The van der Waals surface area contributed by atoms with Gasteiger partial charge in [-0.1, -0.05) is 38.3 Å². The summed E-state index contributed by atoms with van der Waals surface area (Å²) in [5, 5.41) is 8.83. The number of esters is 1. The van der Waals surface area contributed by atoms with E-state index >= 15 is 0 Å². The summed E-state index contributed by atoms with van der Waals surface area (Å²) in [6.07, 6.45) is 6.29. The summed E-state index contributed by atoms with van der Waals surface area (Å²) < 4.78 is 10.4. The van der Waals surface area contributed by atoms with Crippen LogP contribution in [0, 0.1) is 0 Å². The normalized spacial score (nSPS) is 19.0. The number of urea groups is 2. The van der Waals surface area contributed by atoms with Gasteiger partial charge in [-0.25, -0.2) is 14.4 Å². The van der Waals surface area contributed by atoms with Gasteiger partial charge in [0.15, 0.2) is 0 Å². The number of rotatable bonds is 9. The van der Waals surface area contributed by atoms with Crippen LogP contribution in [-0.2, 0) is 14.3 Å². The molecule has 9 heteroatoms. The van der Waals surface area contributed by atoms with Crippen LogP contribution in [0.3, 0.4) is 0 Å². The van der Waals surface area contributed by atoms with Crippen molar-refractivity contribution in [2.45, 2.75) is 64.5 Å². The largest absolute Gasteiger partial charge is 0.460 e. The number of allylic oxidation sites excluding steroid dienone is 1. The van der Waals surface area contributed by atoms with Crippen molar-refractivity contribution in [1.29, 1.82) is 0 Å². The molecule has 3 N–H and O–H groups in total. The van der Waals surface area contributed by atoms with E-state index in [4.69, 9.17) is 9.47 Å². The van der Waals surface area contributed by atoms with Crippen LogP contribution in [-0.4, -0.2) is 55.8 Å². The molecule has 1 fully saturated rings. The Morgan fingerprint density at radius 3 is 2.47 bits per heavy atom. The molecule has 1 aromatic carbocycles. The van der Waals surface area contributed by atoms with Gasteiger partial charge < -0.3 is 25.4 Å². The number of hydrogen-bond donors (Lipinski definition) is 3. The molecule has 1 unspecified atom stereocenters. The first-order valence-corrected chi connectivity index (χ1v) is 12.1. The summed E-state index contributed by atoms with van der Waals surface area (Å²) in [7, 11) is 1.54. The fourth-order valence-electron chi connectivity index (χ4n) is 4.44. The molecule has 0 spiro atoms.